The van der Waals surface area contributed by atoms with Gasteiger partial charge >= 0.3 is 0 Å². The summed E-state index contributed by atoms with van der Waals surface area (Å²) in [6, 6.07) is 6.04. The van der Waals surface area contributed by atoms with E-state index >= 15 is 0 Å². The van der Waals surface area contributed by atoms with Crippen molar-refractivity contribution in [3.8, 4) is 5.75 Å². The Morgan fingerprint density at radius 2 is 1.82 bits per heavy atom. The Hall–Kier alpha value is -2.30. The van der Waals surface area contributed by atoms with Crippen LogP contribution in [0.2, 0.25) is 0 Å². The molecular formula is C17H23N3O2. The molecule has 0 aliphatic heterocycles. The van der Waals surface area contributed by atoms with E-state index in [1.54, 1.807) is 4.68 Å². The van der Waals surface area contributed by atoms with Crippen molar-refractivity contribution in [3.05, 3.63) is 40.7 Å². The summed E-state index contributed by atoms with van der Waals surface area (Å²) in [7, 11) is 1.86. The number of aromatic nitrogens is 2. The number of rotatable bonds is 5. The monoisotopic (exact) mass is 301 g/mol. The second kappa shape index (κ2) is 6.64. The van der Waals surface area contributed by atoms with Crippen molar-refractivity contribution in [1.29, 1.82) is 0 Å². The van der Waals surface area contributed by atoms with E-state index in [0.717, 1.165) is 34.0 Å². The summed E-state index contributed by atoms with van der Waals surface area (Å²) in [5.41, 5.74) is 4.87. The standard InChI is InChI=1S/C17H23N3O2/c1-11-8-12(2)10-15(9-11)22-7-6-16(21)18-17-13(3)19-20(5)14(17)4/h8-10H,6-7H2,1-5H3,(H,18,21). The summed E-state index contributed by atoms with van der Waals surface area (Å²) in [5, 5.41) is 7.19. The van der Waals surface area contributed by atoms with Crippen molar-refractivity contribution in [2.45, 2.75) is 34.1 Å². The van der Waals surface area contributed by atoms with Crippen LogP contribution < -0.4 is 10.1 Å². The molecule has 0 saturated heterocycles. The first-order valence-electron chi connectivity index (χ1n) is 7.38. The van der Waals surface area contributed by atoms with Gasteiger partial charge in [-0.25, -0.2) is 0 Å². The molecule has 0 aliphatic rings. The SMILES string of the molecule is Cc1cc(C)cc(OCCC(=O)Nc2c(C)nn(C)c2C)c1. The molecule has 22 heavy (non-hydrogen) atoms. The summed E-state index contributed by atoms with van der Waals surface area (Å²) >= 11 is 0. The molecule has 1 heterocycles. The Bertz CT molecular complexity index is 669. The van der Waals surface area contributed by atoms with Gasteiger partial charge in [-0.3, -0.25) is 9.48 Å². The van der Waals surface area contributed by atoms with E-state index in [2.05, 4.69) is 16.5 Å². The van der Waals surface area contributed by atoms with Crippen LogP contribution in [0.5, 0.6) is 5.75 Å². The van der Waals surface area contributed by atoms with E-state index in [-0.39, 0.29) is 5.91 Å². The van der Waals surface area contributed by atoms with Crippen molar-refractivity contribution in [3.63, 3.8) is 0 Å². The molecule has 2 aromatic rings. The van der Waals surface area contributed by atoms with Crippen LogP contribution in [0.4, 0.5) is 5.69 Å². The summed E-state index contributed by atoms with van der Waals surface area (Å²) in [6.07, 6.45) is 0.306. The van der Waals surface area contributed by atoms with Gasteiger partial charge in [-0.1, -0.05) is 6.07 Å². The zero-order valence-electron chi connectivity index (χ0n) is 13.9. The van der Waals surface area contributed by atoms with Crippen LogP contribution in [0.15, 0.2) is 18.2 Å². The van der Waals surface area contributed by atoms with Gasteiger partial charge in [-0.15, -0.1) is 0 Å². The van der Waals surface area contributed by atoms with Crippen molar-refractivity contribution in [2.24, 2.45) is 7.05 Å². The Morgan fingerprint density at radius 1 is 1.18 bits per heavy atom. The number of aryl methyl sites for hydroxylation is 4. The summed E-state index contributed by atoms with van der Waals surface area (Å²) in [5.74, 6) is 0.739. The van der Waals surface area contributed by atoms with Gasteiger partial charge in [-0.05, 0) is 51.0 Å². The largest absolute Gasteiger partial charge is 0.493 e. The normalized spacial score (nSPS) is 10.6. The van der Waals surface area contributed by atoms with E-state index in [1.807, 2.05) is 46.9 Å². The number of amides is 1. The zero-order valence-corrected chi connectivity index (χ0v) is 13.9. The number of ether oxygens (including phenoxy) is 1. The van der Waals surface area contributed by atoms with Crippen LogP contribution in [0.3, 0.4) is 0 Å². The second-order valence-corrected chi connectivity index (χ2v) is 5.64. The molecular weight excluding hydrogens is 278 g/mol. The fourth-order valence-corrected chi connectivity index (χ4v) is 2.43. The lowest BCUT2D eigenvalue weighted by molar-refractivity contribution is -0.116. The van der Waals surface area contributed by atoms with Gasteiger partial charge in [0.2, 0.25) is 5.91 Å². The third-order valence-electron chi connectivity index (χ3n) is 3.57. The summed E-state index contributed by atoms with van der Waals surface area (Å²) < 4.78 is 7.42. The molecule has 2 rings (SSSR count). The number of hydrogen-bond acceptors (Lipinski definition) is 3. The number of benzene rings is 1. The molecule has 5 nitrogen and oxygen atoms in total. The molecule has 0 bridgehead atoms. The Morgan fingerprint density at radius 3 is 2.36 bits per heavy atom. The third-order valence-corrected chi connectivity index (χ3v) is 3.57. The average molecular weight is 301 g/mol. The number of nitrogens with one attached hydrogen (secondary N) is 1. The Kier molecular flexibility index (Phi) is 4.85. The van der Waals surface area contributed by atoms with Gasteiger partial charge in [0, 0.05) is 7.05 Å². The molecule has 118 valence electrons. The van der Waals surface area contributed by atoms with Crippen molar-refractivity contribution in [2.75, 3.05) is 11.9 Å². The van der Waals surface area contributed by atoms with Crippen LogP contribution in [0.25, 0.3) is 0 Å². The van der Waals surface area contributed by atoms with Crippen LogP contribution in [0.1, 0.15) is 28.9 Å². The van der Waals surface area contributed by atoms with Crippen LogP contribution in [-0.4, -0.2) is 22.3 Å². The molecule has 1 aromatic carbocycles. The van der Waals surface area contributed by atoms with Crippen molar-refractivity contribution >= 4 is 11.6 Å². The number of nitrogens with zero attached hydrogens (tertiary/aromatic N) is 2. The van der Waals surface area contributed by atoms with Crippen molar-refractivity contribution in [1.82, 2.24) is 9.78 Å². The van der Waals surface area contributed by atoms with Gasteiger partial charge < -0.3 is 10.1 Å². The molecule has 5 heteroatoms. The van der Waals surface area contributed by atoms with Gasteiger partial charge in [0.25, 0.3) is 0 Å². The predicted molar refractivity (Wildman–Crippen MR) is 87.3 cm³/mol. The highest BCUT2D eigenvalue weighted by Gasteiger charge is 2.12. The zero-order chi connectivity index (χ0) is 16.3. The van der Waals surface area contributed by atoms with Crippen LogP contribution in [-0.2, 0) is 11.8 Å². The van der Waals surface area contributed by atoms with E-state index < -0.39 is 0 Å². The Balaban J connectivity index is 1.88. The maximum atomic E-state index is 12.0. The van der Waals surface area contributed by atoms with Gasteiger partial charge in [-0.2, -0.15) is 5.10 Å². The quantitative estimate of drug-likeness (QED) is 0.923. The fraction of sp³-hybridized carbons (Fsp3) is 0.412. The molecule has 1 amide bonds. The summed E-state index contributed by atoms with van der Waals surface area (Å²) in [4.78, 5) is 12.0. The molecule has 0 spiro atoms. The number of carbonyl (C=O) groups excluding carboxylic acids is 1. The van der Waals surface area contributed by atoms with Gasteiger partial charge in [0.15, 0.2) is 0 Å². The maximum Gasteiger partial charge on any atom is 0.227 e. The minimum Gasteiger partial charge on any atom is -0.493 e. The molecule has 1 N–H and O–H groups in total. The van der Waals surface area contributed by atoms with Gasteiger partial charge in [0.1, 0.15) is 5.75 Å². The lowest BCUT2D eigenvalue weighted by Gasteiger charge is -2.09. The number of carbonyl (C=O) groups is 1. The predicted octanol–water partition coefficient (Wildman–Crippen LogP) is 3.06. The first-order valence-corrected chi connectivity index (χ1v) is 7.38. The number of hydrogen-bond donors (Lipinski definition) is 1. The van der Waals surface area contributed by atoms with Crippen LogP contribution >= 0.6 is 0 Å². The smallest absolute Gasteiger partial charge is 0.227 e. The minimum absolute atomic E-state index is 0.0661. The first kappa shape index (κ1) is 16.1. The topological polar surface area (TPSA) is 56.1 Å². The molecule has 1 aromatic heterocycles. The molecule has 0 fully saturated rings. The minimum atomic E-state index is -0.0661. The molecule has 0 atom stereocenters. The Labute approximate surface area is 131 Å². The van der Waals surface area contributed by atoms with E-state index in [1.165, 1.54) is 0 Å². The second-order valence-electron chi connectivity index (χ2n) is 5.64. The number of anilines is 1. The molecule has 0 aliphatic carbocycles. The first-order chi connectivity index (χ1) is 10.4. The van der Waals surface area contributed by atoms with E-state index in [0.29, 0.717) is 13.0 Å². The highest BCUT2D eigenvalue weighted by molar-refractivity contribution is 5.91. The van der Waals surface area contributed by atoms with E-state index in [9.17, 15) is 4.79 Å². The highest BCUT2D eigenvalue weighted by Crippen LogP contribution is 2.19. The van der Waals surface area contributed by atoms with Gasteiger partial charge in [0.05, 0.1) is 30.1 Å². The van der Waals surface area contributed by atoms with E-state index in [4.69, 9.17) is 4.74 Å². The molecule has 0 radical (unpaired) electrons. The van der Waals surface area contributed by atoms with Crippen LogP contribution in [0, 0.1) is 27.7 Å². The third kappa shape index (κ3) is 3.87. The lowest BCUT2D eigenvalue weighted by atomic mass is 10.1. The summed E-state index contributed by atoms with van der Waals surface area (Å²) in [6.45, 7) is 8.23. The highest BCUT2D eigenvalue weighted by atomic mass is 16.5. The average Bonchev–Trinajstić information content (AvgIpc) is 2.64. The fourth-order valence-electron chi connectivity index (χ4n) is 2.43. The lowest BCUT2D eigenvalue weighted by Crippen LogP contribution is -2.16. The maximum absolute atomic E-state index is 12.0. The van der Waals surface area contributed by atoms with Crippen molar-refractivity contribution < 1.29 is 9.53 Å². The molecule has 0 saturated carbocycles. The molecule has 0 unspecified atom stereocenters.